The van der Waals surface area contributed by atoms with Crippen LogP contribution in [0.1, 0.15) is 18.9 Å². The van der Waals surface area contributed by atoms with Crippen LogP contribution in [0, 0.1) is 5.82 Å². The predicted octanol–water partition coefficient (Wildman–Crippen LogP) is 4.50. The zero-order chi connectivity index (χ0) is 14.0. The second-order valence-electron chi connectivity index (χ2n) is 4.37. The van der Waals surface area contributed by atoms with Crippen LogP contribution < -0.4 is 4.74 Å². The molecule has 0 saturated carbocycles. The van der Waals surface area contributed by atoms with Gasteiger partial charge in [-0.2, -0.15) is 13.2 Å². The summed E-state index contributed by atoms with van der Waals surface area (Å²) in [6.07, 6.45) is 0.681. The molecule has 1 aliphatic carbocycles. The van der Waals surface area contributed by atoms with Crippen molar-refractivity contribution in [1.82, 2.24) is 0 Å². The minimum Gasteiger partial charge on any atom is -0.483 e. The van der Waals surface area contributed by atoms with Crippen LogP contribution in [-0.4, -0.2) is 6.10 Å². The fraction of sp³-hybridized carbons (Fsp3) is 0.286. The Hall–Kier alpha value is -1.78. The summed E-state index contributed by atoms with van der Waals surface area (Å²) in [4.78, 5) is 0. The van der Waals surface area contributed by atoms with Gasteiger partial charge in [0.05, 0.1) is 5.56 Å². The third-order valence-corrected chi connectivity index (χ3v) is 2.78. The van der Waals surface area contributed by atoms with Crippen LogP contribution in [0.15, 0.2) is 42.0 Å². The summed E-state index contributed by atoms with van der Waals surface area (Å²) in [5, 5.41) is 0. The van der Waals surface area contributed by atoms with Crippen molar-refractivity contribution in [3.8, 4) is 5.75 Å². The maximum absolute atomic E-state index is 13.7. The van der Waals surface area contributed by atoms with Gasteiger partial charge in [-0.3, -0.25) is 0 Å². The number of ether oxygens (including phenoxy) is 1. The fourth-order valence-corrected chi connectivity index (χ4v) is 1.86. The Morgan fingerprint density at radius 2 is 2.00 bits per heavy atom. The first-order chi connectivity index (χ1) is 8.88. The zero-order valence-electron chi connectivity index (χ0n) is 10.2. The Morgan fingerprint density at radius 3 is 2.63 bits per heavy atom. The lowest BCUT2D eigenvalue weighted by atomic mass is 10.0. The van der Waals surface area contributed by atoms with Gasteiger partial charge < -0.3 is 4.74 Å². The van der Waals surface area contributed by atoms with Crippen molar-refractivity contribution in [2.75, 3.05) is 0 Å². The standard InChI is InChI=1S/C14H12F4O/c1-9-4-2-5-10(8-9)19-12-7-3-6-11(13(12)15)14(16,17)18/h2-7,10H,8H2,1H3. The Morgan fingerprint density at radius 1 is 1.26 bits per heavy atom. The highest BCUT2D eigenvalue weighted by molar-refractivity contribution is 5.33. The van der Waals surface area contributed by atoms with E-state index in [2.05, 4.69) is 0 Å². The second kappa shape index (κ2) is 5.07. The average Bonchev–Trinajstić information content (AvgIpc) is 2.30. The van der Waals surface area contributed by atoms with Crippen molar-refractivity contribution in [1.29, 1.82) is 0 Å². The molecule has 1 aromatic carbocycles. The molecule has 0 aromatic heterocycles. The Kier molecular flexibility index (Phi) is 3.64. The molecule has 1 atom stereocenters. The third-order valence-electron chi connectivity index (χ3n) is 2.78. The minimum atomic E-state index is -4.72. The molecule has 0 radical (unpaired) electrons. The summed E-state index contributed by atoms with van der Waals surface area (Å²) in [6, 6.07) is 3.03. The molecule has 1 aromatic rings. The van der Waals surface area contributed by atoms with Gasteiger partial charge in [-0.1, -0.05) is 23.8 Å². The molecule has 0 bridgehead atoms. The van der Waals surface area contributed by atoms with Crippen LogP contribution >= 0.6 is 0 Å². The van der Waals surface area contributed by atoms with E-state index in [9.17, 15) is 17.6 Å². The normalized spacial score (nSPS) is 19.2. The molecule has 0 spiro atoms. The first-order valence-corrected chi connectivity index (χ1v) is 5.74. The van der Waals surface area contributed by atoms with E-state index in [0.717, 1.165) is 11.6 Å². The molecule has 0 heterocycles. The quantitative estimate of drug-likeness (QED) is 0.720. The van der Waals surface area contributed by atoms with Crippen molar-refractivity contribution in [3.63, 3.8) is 0 Å². The highest BCUT2D eigenvalue weighted by Crippen LogP contribution is 2.35. The van der Waals surface area contributed by atoms with E-state index in [4.69, 9.17) is 4.74 Å². The monoisotopic (exact) mass is 272 g/mol. The fourth-order valence-electron chi connectivity index (χ4n) is 1.86. The first kappa shape index (κ1) is 13.6. The maximum atomic E-state index is 13.7. The number of benzene rings is 1. The highest BCUT2D eigenvalue weighted by atomic mass is 19.4. The van der Waals surface area contributed by atoms with Crippen molar-refractivity contribution in [2.45, 2.75) is 25.6 Å². The first-order valence-electron chi connectivity index (χ1n) is 5.74. The van der Waals surface area contributed by atoms with Crippen molar-refractivity contribution in [3.05, 3.63) is 53.4 Å². The largest absolute Gasteiger partial charge is 0.483 e. The molecule has 19 heavy (non-hydrogen) atoms. The highest BCUT2D eigenvalue weighted by Gasteiger charge is 2.35. The van der Waals surface area contributed by atoms with Gasteiger partial charge in [0.2, 0.25) is 0 Å². The summed E-state index contributed by atoms with van der Waals surface area (Å²) in [7, 11) is 0. The summed E-state index contributed by atoms with van der Waals surface area (Å²) in [5.74, 6) is -1.74. The lowest BCUT2D eigenvalue weighted by molar-refractivity contribution is -0.140. The van der Waals surface area contributed by atoms with Crippen molar-refractivity contribution < 1.29 is 22.3 Å². The van der Waals surface area contributed by atoms with Gasteiger partial charge in [0, 0.05) is 6.42 Å². The molecular formula is C14H12F4O. The van der Waals surface area contributed by atoms with Gasteiger partial charge >= 0.3 is 6.18 Å². The lowest BCUT2D eigenvalue weighted by Gasteiger charge is -2.20. The van der Waals surface area contributed by atoms with Gasteiger partial charge in [0.15, 0.2) is 11.6 Å². The van der Waals surface area contributed by atoms with Crippen LogP contribution in [0.3, 0.4) is 0 Å². The van der Waals surface area contributed by atoms with E-state index in [-0.39, 0.29) is 5.75 Å². The van der Waals surface area contributed by atoms with Crippen molar-refractivity contribution in [2.24, 2.45) is 0 Å². The summed E-state index contributed by atoms with van der Waals surface area (Å²) in [6.45, 7) is 1.88. The molecule has 5 heteroatoms. The molecule has 1 unspecified atom stereocenters. The molecule has 1 aliphatic rings. The van der Waals surface area contributed by atoms with Crippen LogP contribution in [0.5, 0.6) is 5.75 Å². The predicted molar refractivity (Wildman–Crippen MR) is 63.3 cm³/mol. The number of hydrogen-bond acceptors (Lipinski definition) is 1. The van der Waals surface area contributed by atoms with E-state index in [1.807, 2.05) is 13.0 Å². The summed E-state index contributed by atoms with van der Waals surface area (Å²) in [5.41, 5.74) is -0.281. The third kappa shape index (κ3) is 3.16. The Bertz CT molecular complexity index is 529. The van der Waals surface area contributed by atoms with E-state index in [1.165, 1.54) is 6.07 Å². The number of hydrogen-bond donors (Lipinski definition) is 0. The van der Waals surface area contributed by atoms with Gasteiger partial charge in [0.1, 0.15) is 6.10 Å². The van der Waals surface area contributed by atoms with E-state index in [0.29, 0.717) is 12.5 Å². The van der Waals surface area contributed by atoms with Crippen LogP contribution in [0.25, 0.3) is 0 Å². The summed E-state index contributed by atoms with van der Waals surface area (Å²) >= 11 is 0. The van der Waals surface area contributed by atoms with Crippen LogP contribution in [-0.2, 0) is 6.18 Å². The molecule has 0 saturated heterocycles. The SMILES string of the molecule is CC1=CC=CC(Oc2cccc(C(F)(F)F)c2F)C1. The second-order valence-corrected chi connectivity index (χ2v) is 4.37. The Labute approximate surface area is 108 Å². The van der Waals surface area contributed by atoms with Gasteiger partial charge in [-0.15, -0.1) is 0 Å². The molecule has 0 N–H and O–H groups in total. The molecule has 1 nitrogen and oxygen atoms in total. The molecule has 0 aliphatic heterocycles. The number of alkyl halides is 3. The zero-order valence-corrected chi connectivity index (χ0v) is 10.2. The van der Waals surface area contributed by atoms with E-state index < -0.39 is 23.7 Å². The van der Waals surface area contributed by atoms with Gasteiger partial charge in [-0.05, 0) is 25.1 Å². The smallest absolute Gasteiger partial charge is 0.419 e. The molecule has 0 fully saturated rings. The van der Waals surface area contributed by atoms with Crippen LogP contribution in [0.4, 0.5) is 17.6 Å². The lowest BCUT2D eigenvalue weighted by Crippen LogP contribution is -2.17. The van der Waals surface area contributed by atoms with Crippen molar-refractivity contribution >= 4 is 0 Å². The molecular weight excluding hydrogens is 260 g/mol. The molecule has 102 valence electrons. The van der Waals surface area contributed by atoms with Gasteiger partial charge in [-0.25, -0.2) is 4.39 Å². The Balaban J connectivity index is 2.22. The molecule has 2 rings (SSSR count). The van der Waals surface area contributed by atoms with Gasteiger partial charge in [0.25, 0.3) is 0 Å². The number of allylic oxidation sites excluding steroid dienone is 2. The molecule has 0 amide bonds. The summed E-state index contributed by atoms with van der Waals surface area (Å²) < 4.78 is 56.7. The topological polar surface area (TPSA) is 9.23 Å². The minimum absolute atomic E-state index is 0.376. The maximum Gasteiger partial charge on any atom is 0.419 e. The number of rotatable bonds is 2. The van der Waals surface area contributed by atoms with E-state index >= 15 is 0 Å². The van der Waals surface area contributed by atoms with E-state index in [1.54, 1.807) is 12.2 Å². The number of halogens is 4. The average molecular weight is 272 g/mol. The van der Waals surface area contributed by atoms with Crippen LogP contribution in [0.2, 0.25) is 0 Å².